The molecule has 0 spiro atoms. The first-order valence-electron chi connectivity index (χ1n) is 11.4. The number of fused-ring (bicyclic) bond motifs is 1. The van der Waals surface area contributed by atoms with E-state index in [9.17, 15) is 9.59 Å². The van der Waals surface area contributed by atoms with Crippen molar-refractivity contribution < 1.29 is 9.59 Å². The lowest BCUT2D eigenvalue weighted by molar-refractivity contribution is -0.132. The average Bonchev–Trinajstić information content (AvgIpc) is 2.79. The van der Waals surface area contributed by atoms with Crippen LogP contribution < -0.4 is 5.32 Å². The number of anilines is 1. The Morgan fingerprint density at radius 2 is 1.87 bits per heavy atom. The number of benzene rings is 2. The maximum atomic E-state index is 13.1. The average molecular weight is 422 g/mol. The minimum atomic E-state index is 0.112. The minimum absolute atomic E-state index is 0.112. The van der Waals surface area contributed by atoms with Gasteiger partial charge in [0.25, 0.3) is 0 Å². The maximum Gasteiger partial charge on any atom is 0.242 e. The summed E-state index contributed by atoms with van der Waals surface area (Å²) >= 11 is 0. The highest BCUT2D eigenvalue weighted by Crippen LogP contribution is 2.26. The normalized spacial score (nSPS) is 13.1. The summed E-state index contributed by atoms with van der Waals surface area (Å²) in [4.78, 5) is 29.0. The summed E-state index contributed by atoms with van der Waals surface area (Å²) in [6.45, 7) is 9.34. The van der Waals surface area contributed by atoms with Crippen molar-refractivity contribution in [1.82, 2.24) is 9.80 Å². The van der Waals surface area contributed by atoms with Crippen LogP contribution in [-0.4, -0.2) is 41.2 Å². The van der Waals surface area contributed by atoms with Crippen molar-refractivity contribution in [2.75, 3.05) is 25.0 Å². The fourth-order valence-corrected chi connectivity index (χ4v) is 4.00. The smallest absolute Gasteiger partial charge is 0.242 e. The van der Waals surface area contributed by atoms with E-state index in [0.29, 0.717) is 25.4 Å². The molecule has 2 aromatic carbocycles. The number of nitrogens with one attached hydrogen (secondary N) is 1. The van der Waals surface area contributed by atoms with Crippen molar-refractivity contribution in [3.8, 4) is 0 Å². The molecular weight excluding hydrogens is 386 g/mol. The number of rotatable bonds is 9. The molecule has 0 unspecified atom stereocenters. The fraction of sp³-hybridized carbons (Fsp3) is 0.462. The minimum Gasteiger partial charge on any atom is -0.376 e. The van der Waals surface area contributed by atoms with Crippen LogP contribution in [0, 0.1) is 5.92 Å². The SMILES string of the molecule is CCC(=O)N1CCc2c(cccc2NCC(=O)N(CCC(C)C)Cc2ccccc2)C1. The number of hydrogen-bond donors (Lipinski definition) is 1. The van der Waals surface area contributed by atoms with Gasteiger partial charge in [0.05, 0.1) is 6.54 Å². The van der Waals surface area contributed by atoms with Gasteiger partial charge in [-0.3, -0.25) is 9.59 Å². The van der Waals surface area contributed by atoms with Crippen molar-refractivity contribution in [2.24, 2.45) is 5.92 Å². The highest BCUT2D eigenvalue weighted by atomic mass is 16.2. The molecular formula is C26H35N3O2. The Hall–Kier alpha value is -2.82. The van der Waals surface area contributed by atoms with Crippen molar-refractivity contribution in [1.29, 1.82) is 0 Å². The number of nitrogens with zero attached hydrogens (tertiary/aromatic N) is 2. The molecule has 2 amide bonds. The molecule has 0 radical (unpaired) electrons. The van der Waals surface area contributed by atoms with Crippen molar-refractivity contribution in [3.05, 3.63) is 65.2 Å². The molecule has 1 aliphatic rings. The third-order valence-corrected chi connectivity index (χ3v) is 5.90. The number of amides is 2. The van der Waals surface area contributed by atoms with Crippen LogP contribution in [0.15, 0.2) is 48.5 Å². The molecule has 5 heteroatoms. The second-order valence-corrected chi connectivity index (χ2v) is 8.70. The molecule has 2 aromatic rings. The van der Waals surface area contributed by atoms with Crippen LogP contribution in [0.25, 0.3) is 0 Å². The van der Waals surface area contributed by atoms with E-state index in [1.165, 1.54) is 11.1 Å². The van der Waals surface area contributed by atoms with E-state index in [1.54, 1.807) is 0 Å². The molecule has 0 fully saturated rings. The van der Waals surface area contributed by atoms with Crippen LogP contribution in [0.1, 0.15) is 50.3 Å². The second kappa shape index (κ2) is 11.0. The van der Waals surface area contributed by atoms with E-state index in [4.69, 9.17) is 0 Å². The van der Waals surface area contributed by atoms with Gasteiger partial charge in [-0.15, -0.1) is 0 Å². The van der Waals surface area contributed by atoms with Crippen LogP contribution in [0.3, 0.4) is 0 Å². The molecule has 5 nitrogen and oxygen atoms in total. The first-order valence-corrected chi connectivity index (χ1v) is 11.4. The summed E-state index contributed by atoms with van der Waals surface area (Å²) in [5.74, 6) is 0.857. The molecule has 31 heavy (non-hydrogen) atoms. The summed E-state index contributed by atoms with van der Waals surface area (Å²) in [5.41, 5.74) is 4.56. The largest absolute Gasteiger partial charge is 0.376 e. The lowest BCUT2D eigenvalue weighted by Crippen LogP contribution is -2.37. The molecule has 1 heterocycles. The molecule has 0 saturated carbocycles. The lowest BCUT2D eigenvalue weighted by Gasteiger charge is -2.30. The third kappa shape index (κ3) is 6.33. The Bertz CT molecular complexity index is 879. The number of carbonyl (C=O) groups is 2. The van der Waals surface area contributed by atoms with Crippen LogP contribution in [0.2, 0.25) is 0 Å². The van der Waals surface area contributed by atoms with Gasteiger partial charge >= 0.3 is 0 Å². The van der Waals surface area contributed by atoms with Crippen molar-refractivity contribution >= 4 is 17.5 Å². The van der Waals surface area contributed by atoms with E-state index in [-0.39, 0.29) is 18.4 Å². The van der Waals surface area contributed by atoms with Gasteiger partial charge in [-0.05, 0) is 41.5 Å². The first-order chi connectivity index (χ1) is 15.0. The standard InChI is InChI=1S/C26H35N3O2/c1-4-25(30)29-16-14-23-22(19-29)11-8-12-24(23)27-17-26(31)28(15-13-20(2)3)18-21-9-6-5-7-10-21/h5-12,20,27H,4,13-19H2,1-3H3. The molecule has 1 aliphatic heterocycles. The predicted octanol–water partition coefficient (Wildman–Crippen LogP) is 4.47. The summed E-state index contributed by atoms with van der Waals surface area (Å²) in [7, 11) is 0. The van der Waals surface area contributed by atoms with Crippen LogP contribution in [-0.2, 0) is 29.1 Å². The molecule has 0 saturated heterocycles. The monoisotopic (exact) mass is 421 g/mol. The maximum absolute atomic E-state index is 13.1. The molecule has 0 aromatic heterocycles. The fourth-order valence-electron chi connectivity index (χ4n) is 4.00. The summed E-state index contributed by atoms with van der Waals surface area (Å²) in [5, 5.41) is 3.39. The Morgan fingerprint density at radius 1 is 1.10 bits per heavy atom. The van der Waals surface area contributed by atoms with E-state index in [2.05, 4.69) is 37.4 Å². The molecule has 3 rings (SSSR count). The van der Waals surface area contributed by atoms with Crippen molar-refractivity contribution in [3.63, 3.8) is 0 Å². The molecule has 0 bridgehead atoms. The zero-order chi connectivity index (χ0) is 22.2. The van der Waals surface area contributed by atoms with Gasteiger partial charge in [0.1, 0.15) is 0 Å². The van der Waals surface area contributed by atoms with Gasteiger partial charge in [-0.25, -0.2) is 0 Å². The predicted molar refractivity (Wildman–Crippen MR) is 126 cm³/mol. The topological polar surface area (TPSA) is 52.7 Å². The zero-order valence-corrected chi connectivity index (χ0v) is 19.1. The van der Waals surface area contributed by atoms with Crippen LogP contribution in [0.4, 0.5) is 5.69 Å². The van der Waals surface area contributed by atoms with Gasteiger partial charge in [0.15, 0.2) is 0 Å². The molecule has 1 N–H and O–H groups in total. The third-order valence-electron chi connectivity index (χ3n) is 5.90. The molecule has 166 valence electrons. The molecule has 0 atom stereocenters. The Labute approximate surface area is 186 Å². The van der Waals surface area contributed by atoms with Gasteiger partial charge in [0.2, 0.25) is 11.8 Å². The first kappa shape index (κ1) is 22.9. The Kier molecular flexibility index (Phi) is 8.10. The lowest BCUT2D eigenvalue weighted by atomic mass is 9.97. The molecule has 0 aliphatic carbocycles. The van der Waals surface area contributed by atoms with Gasteiger partial charge in [0, 0.05) is 38.3 Å². The number of carbonyl (C=O) groups excluding carboxylic acids is 2. The highest BCUT2D eigenvalue weighted by molar-refractivity contribution is 5.81. The van der Waals surface area contributed by atoms with Crippen molar-refractivity contribution in [2.45, 2.75) is 53.1 Å². The van der Waals surface area contributed by atoms with E-state index < -0.39 is 0 Å². The second-order valence-electron chi connectivity index (χ2n) is 8.70. The van der Waals surface area contributed by atoms with E-state index in [1.807, 2.05) is 47.1 Å². The van der Waals surface area contributed by atoms with E-state index in [0.717, 1.165) is 37.2 Å². The Morgan fingerprint density at radius 3 is 2.58 bits per heavy atom. The van der Waals surface area contributed by atoms with E-state index >= 15 is 0 Å². The zero-order valence-electron chi connectivity index (χ0n) is 19.1. The van der Waals surface area contributed by atoms with Crippen LogP contribution >= 0.6 is 0 Å². The quantitative estimate of drug-likeness (QED) is 0.650. The Balaban J connectivity index is 1.66. The summed E-state index contributed by atoms with van der Waals surface area (Å²) < 4.78 is 0. The van der Waals surface area contributed by atoms with Gasteiger partial charge in [-0.1, -0.05) is 63.2 Å². The highest BCUT2D eigenvalue weighted by Gasteiger charge is 2.22. The van der Waals surface area contributed by atoms with Crippen LogP contribution in [0.5, 0.6) is 0 Å². The van der Waals surface area contributed by atoms with Gasteiger partial charge in [-0.2, -0.15) is 0 Å². The van der Waals surface area contributed by atoms with Gasteiger partial charge < -0.3 is 15.1 Å². The summed E-state index contributed by atoms with van der Waals surface area (Å²) in [6.07, 6.45) is 2.34. The summed E-state index contributed by atoms with van der Waals surface area (Å²) in [6, 6.07) is 16.3. The number of hydrogen-bond acceptors (Lipinski definition) is 3.